The lowest BCUT2D eigenvalue weighted by molar-refractivity contribution is -0.124. The van der Waals surface area contributed by atoms with Crippen molar-refractivity contribution in [3.63, 3.8) is 0 Å². The molecule has 0 spiro atoms. The third-order valence-corrected chi connectivity index (χ3v) is 9.48. The van der Waals surface area contributed by atoms with Gasteiger partial charge in [0.05, 0.1) is 31.3 Å². The molecule has 0 aliphatic rings. The number of aliphatic hydroxyl groups is 3. The van der Waals surface area contributed by atoms with E-state index >= 15 is 0 Å². The van der Waals surface area contributed by atoms with Gasteiger partial charge >= 0.3 is 0 Å². The second-order valence-corrected chi connectivity index (χ2v) is 14.2. The Morgan fingerprint density at radius 3 is 1.30 bits per heavy atom. The van der Waals surface area contributed by atoms with E-state index in [1.807, 2.05) is 6.08 Å². The number of amides is 1. The summed E-state index contributed by atoms with van der Waals surface area (Å²) in [5.41, 5.74) is 0. The van der Waals surface area contributed by atoms with Crippen LogP contribution in [0.4, 0.5) is 0 Å². The fourth-order valence-corrected chi connectivity index (χ4v) is 6.27. The molecule has 0 bridgehead atoms. The average molecular weight is 664 g/mol. The van der Waals surface area contributed by atoms with Crippen LogP contribution in [0.25, 0.3) is 0 Å². The summed E-state index contributed by atoms with van der Waals surface area (Å²) in [5, 5.41) is 33.1. The first kappa shape index (κ1) is 45.8. The van der Waals surface area contributed by atoms with Gasteiger partial charge in [-0.05, 0) is 44.9 Å². The highest BCUT2D eigenvalue weighted by molar-refractivity contribution is 5.76. The van der Waals surface area contributed by atoms with Crippen molar-refractivity contribution in [3.8, 4) is 0 Å². The molecule has 0 rings (SSSR count). The summed E-state index contributed by atoms with van der Waals surface area (Å²) in [4.78, 5) is 12.4. The first-order chi connectivity index (χ1) is 23.0. The number of carbonyl (C=O) groups excluding carboxylic acids is 1. The highest BCUT2D eigenvalue weighted by Gasteiger charge is 2.20. The lowest BCUT2D eigenvalue weighted by atomic mass is 10.0. The molecule has 1 amide bonds. The number of rotatable bonds is 37. The Morgan fingerprint density at radius 2 is 0.894 bits per heavy atom. The van der Waals surface area contributed by atoms with Gasteiger partial charge in [-0.2, -0.15) is 0 Å². The van der Waals surface area contributed by atoms with Gasteiger partial charge in [0.25, 0.3) is 0 Å². The summed E-state index contributed by atoms with van der Waals surface area (Å²) in [6.45, 7) is 4.20. The normalized spacial score (nSPS) is 13.9. The summed E-state index contributed by atoms with van der Waals surface area (Å²) >= 11 is 0. The summed E-state index contributed by atoms with van der Waals surface area (Å²) in [7, 11) is 0. The number of hydrogen-bond acceptors (Lipinski definition) is 4. The van der Waals surface area contributed by atoms with Crippen LogP contribution in [0.5, 0.6) is 0 Å². The number of aliphatic hydroxyl groups excluding tert-OH is 3. The van der Waals surface area contributed by atoms with Gasteiger partial charge in [0.1, 0.15) is 0 Å². The molecule has 47 heavy (non-hydrogen) atoms. The summed E-state index contributed by atoms with van der Waals surface area (Å²) < 4.78 is 0. The minimum absolute atomic E-state index is 0.00944. The van der Waals surface area contributed by atoms with Crippen molar-refractivity contribution < 1.29 is 20.1 Å². The maximum atomic E-state index is 12.4. The molecule has 0 saturated carbocycles. The fourth-order valence-electron chi connectivity index (χ4n) is 6.27. The zero-order valence-electron chi connectivity index (χ0n) is 31.4. The van der Waals surface area contributed by atoms with E-state index in [-0.39, 0.29) is 18.9 Å². The Bertz CT molecular complexity index is 694. The summed E-state index contributed by atoms with van der Waals surface area (Å²) in [6, 6.07) is -0.743. The van der Waals surface area contributed by atoms with Gasteiger partial charge in [0.2, 0.25) is 5.91 Å². The van der Waals surface area contributed by atoms with Gasteiger partial charge < -0.3 is 20.6 Å². The first-order valence-corrected chi connectivity index (χ1v) is 20.6. The van der Waals surface area contributed by atoms with Crippen molar-refractivity contribution in [2.24, 2.45) is 0 Å². The largest absolute Gasteiger partial charge is 0.394 e. The van der Waals surface area contributed by atoms with Crippen LogP contribution in [0, 0.1) is 0 Å². The minimum atomic E-state index is -0.927. The number of unbranched alkanes of at least 4 members (excludes halogenated alkanes) is 26. The summed E-state index contributed by atoms with van der Waals surface area (Å²) in [6.07, 6.45) is 44.5. The Hall–Kier alpha value is -1.17. The first-order valence-electron chi connectivity index (χ1n) is 20.6. The Kier molecular flexibility index (Phi) is 36.7. The lowest BCUT2D eigenvalue weighted by Gasteiger charge is -2.21. The fraction of sp³-hybridized carbons (Fsp3) is 0.881. The minimum Gasteiger partial charge on any atom is -0.394 e. The lowest BCUT2D eigenvalue weighted by Crippen LogP contribution is -2.45. The van der Waals surface area contributed by atoms with Crippen LogP contribution in [0.3, 0.4) is 0 Å². The van der Waals surface area contributed by atoms with E-state index in [0.717, 1.165) is 38.5 Å². The molecule has 0 aromatic rings. The molecule has 5 heteroatoms. The molecule has 0 aromatic heterocycles. The second kappa shape index (κ2) is 37.6. The van der Waals surface area contributed by atoms with Crippen molar-refractivity contribution in [1.82, 2.24) is 5.32 Å². The number of nitrogens with one attached hydrogen (secondary N) is 1. The molecule has 0 saturated heterocycles. The molecule has 3 unspecified atom stereocenters. The molecule has 3 atom stereocenters. The number of carbonyl (C=O) groups is 1. The molecule has 4 N–H and O–H groups in total. The molecule has 0 aliphatic carbocycles. The zero-order valence-corrected chi connectivity index (χ0v) is 31.4. The maximum Gasteiger partial charge on any atom is 0.222 e. The predicted molar refractivity (Wildman–Crippen MR) is 204 cm³/mol. The van der Waals surface area contributed by atoms with Crippen LogP contribution < -0.4 is 5.32 Å². The summed E-state index contributed by atoms with van der Waals surface area (Å²) in [5.74, 6) is -0.320. The third-order valence-electron chi connectivity index (χ3n) is 9.48. The van der Waals surface area contributed by atoms with Gasteiger partial charge in [-0.3, -0.25) is 4.79 Å². The van der Waals surface area contributed by atoms with E-state index in [2.05, 4.69) is 31.3 Å². The Balaban J connectivity index is 3.69. The maximum absolute atomic E-state index is 12.4. The molecule has 0 heterocycles. The van der Waals surface area contributed by atoms with Gasteiger partial charge in [-0.15, -0.1) is 0 Å². The second-order valence-electron chi connectivity index (χ2n) is 14.2. The van der Waals surface area contributed by atoms with E-state index in [1.54, 1.807) is 6.08 Å². The van der Waals surface area contributed by atoms with Crippen LogP contribution in [0.1, 0.15) is 213 Å². The molecule has 0 aliphatic heterocycles. The van der Waals surface area contributed by atoms with E-state index in [4.69, 9.17) is 0 Å². The van der Waals surface area contributed by atoms with Gasteiger partial charge in [-0.1, -0.05) is 186 Å². The van der Waals surface area contributed by atoms with Gasteiger partial charge in [-0.25, -0.2) is 0 Å². The highest BCUT2D eigenvalue weighted by atomic mass is 16.3. The SMILES string of the molecule is CCCCCCCCCCCC/C=C\CCCCCCCC(O)CC(=O)NC(CO)C(O)/C=C/CCCCCCCCCCCCC. The van der Waals surface area contributed by atoms with Gasteiger partial charge in [0.15, 0.2) is 0 Å². The van der Waals surface area contributed by atoms with Crippen LogP contribution in [0.15, 0.2) is 24.3 Å². The van der Waals surface area contributed by atoms with E-state index < -0.39 is 18.2 Å². The molecule has 0 fully saturated rings. The molecule has 278 valence electrons. The average Bonchev–Trinajstić information content (AvgIpc) is 3.06. The standard InChI is InChI=1S/C42H81NO4/c1-3-5-7-9-11-13-15-17-18-19-20-21-22-24-25-27-29-31-33-35-39(45)37-42(47)43-40(38-44)41(46)36-34-32-30-28-26-23-16-14-12-10-8-6-4-2/h21-22,34,36,39-41,44-46H,3-20,23-33,35,37-38H2,1-2H3,(H,43,47)/b22-21-,36-34+. The van der Waals surface area contributed by atoms with E-state index in [0.29, 0.717) is 6.42 Å². The Morgan fingerprint density at radius 1 is 0.532 bits per heavy atom. The molecule has 0 aromatic carbocycles. The highest BCUT2D eigenvalue weighted by Crippen LogP contribution is 2.14. The molecular formula is C42H81NO4. The number of allylic oxidation sites excluding steroid dienone is 3. The molecular weight excluding hydrogens is 582 g/mol. The molecule has 5 nitrogen and oxygen atoms in total. The van der Waals surface area contributed by atoms with E-state index in [1.165, 1.54) is 148 Å². The smallest absolute Gasteiger partial charge is 0.222 e. The molecule has 0 radical (unpaired) electrons. The predicted octanol–water partition coefficient (Wildman–Crippen LogP) is 11.4. The van der Waals surface area contributed by atoms with Crippen LogP contribution in [-0.4, -0.2) is 46.1 Å². The van der Waals surface area contributed by atoms with E-state index in [9.17, 15) is 20.1 Å². The Labute approximate surface area is 292 Å². The monoisotopic (exact) mass is 664 g/mol. The van der Waals surface area contributed by atoms with Crippen molar-refractivity contribution in [3.05, 3.63) is 24.3 Å². The van der Waals surface area contributed by atoms with Crippen molar-refractivity contribution >= 4 is 5.91 Å². The van der Waals surface area contributed by atoms with Crippen LogP contribution in [0.2, 0.25) is 0 Å². The van der Waals surface area contributed by atoms with Gasteiger partial charge in [0, 0.05) is 0 Å². The van der Waals surface area contributed by atoms with Crippen molar-refractivity contribution in [2.45, 2.75) is 231 Å². The van der Waals surface area contributed by atoms with Crippen molar-refractivity contribution in [1.29, 1.82) is 0 Å². The topological polar surface area (TPSA) is 89.8 Å². The van der Waals surface area contributed by atoms with Crippen LogP contribution in [-0.2, 0) is 4.79 Å². The van der Waals surface area contributed by atoms with Crippen LogP contribution >= 0.6 is 0 Å². The van der Waals surface area contributed by atoms with Crippen molar-refractivity contribution in [2.75, 3.05) is 6.61 Å². The zero-order chi connectivity index (χ0) is 34.5. The quantitative estimate of drug-likeness (QED) is 0.0393. The number of hydrogen-bond donors (Lipinski definition) is 4. The third kappa shape index (κ3) is 34.5.